The molecule has 0 aliphatic carbocycles. The van der Waals surface area contributed by atoms with Gasteiger partial charge < -0.3 is 30.5 Å². The van der Waals surface area contributed by atoms with Crippen LogP contribution in [0.1, 0.15) is 15.9 Å². The summed E-state index contributed by atoms with van der Waals surface area (Å²) in [5.74, 6) is 0.372. The van der Waals surface area contributed by atoms with E-state index < -0.39 is 6.10 Å². The lowest BCUT2D eigenvalue weighted by Gasteiger charge is -2.13. The predicted molar refractivity (Wildman–Crippen MR) is 146 cm³/mol. The molecule has 0 aliphatic heterocycles. The van der Waals surface area contributed by atoms with Crippen LogP contribution in [0.5, 0.6) is 5.75 Å². The van der Waals surface area contributed by atoms with Gasteiger partial charge in [-0.3, -0.25) is 0 Å². The molecule has 3 aromatic rings. The Labute approximate surface area is 217 Å². The summed E-state index contributed by atoms with van der Waals surface area (Å²) in [7, 11) is 1.35. The van der Waals surface area contributed by atoms with Gasteiger partial charge in [-0.05, 0) is 79.3 Å². The molecule has 186 valence electrons. The number of thiocarbonyl (C=S) groups is 1. The van der Waals surface area contributed by atoms with Crippen LogP contribution in [0.4, 0.5) is 11.4 Å². The topological polar surface area (TPSA) is 91.9 Å². The summed E-state index contributed by atoms with van der Waals surface area (Å²) in [5, 5.41) is 20.0. The van der Waals surface area contributed by atoms with Crippen LogP contribution in [-0.2, 0) is 11.2 Å². The largest absolute Gasteiger partial charge is 0.491 e. The summed E-state index contributed by atoms with van der Waals surface area (Å²) < 4.78 is 10.2. The highest BCUT2D eigenvalue weighted by Gasteiger charge is 2.06. The van der Waals surface area contributed by atoms with Crippen LogP contribution in [0.2, 0.25) is 0 Å². The van der Waals surface area contributed by atoms with Crippen molar-refractivity contribution in [3.8, 4) is 5.75 Å². The quantitative estimate of drug-likeness (QED) is 0.171. The van der Waals surface area contributed by atoms with E-state index in [1.54, 1.807) is 24.3 Å². The molecule has 4 N–H and O–H groups in total. The number of anilines is 2. The molecule has 0 amide bonds. The standard InChI is InChI=1S/C26H29N3O4S.ClH/c1-32-25(31)20-9-13-22(14-10-20)29-26(34)28-21-11-7-19(8-12-21)15-16-27-17-23(30)18-33-24-5-3-2-4-6-24;/h2-14,23,27,30H,15-18H2,1H3,(H2,28,29,34);1H/t23-;/m0./s1. The fraction of sp³-hybridized carbons (Fsp3) is 0.231. The molecule has 0 radical (unpaired) electrons. The number of aliphatic hydroxyl groups excluding tert-OH is 1. The third-order valence-corrected chi connectivity index (χ3v) is 5.14. The van der Waals surface area contributed by atoms with Crippen molar-refractivity contribution >= 4 is 47.1 Å². The number of benzene rings is 3. The number of aliphatic hydroxyl groups is 1. The summed E-state index contributed by atoms with van der Waals surface area (Å²) in [5.41, 5.74) is 3.29. The zero-order valence-corrected chi connectivity index (χ0v) is 21.0. The van der Waals surface area contributed by atoms with E-state index in [2.05, 4.69) is 16.0 Å². The van der Waals surface area contributed by atoms with Gasteiger partial charge in [0, 0.05) is 17.9 Å². The lowest BCUT2D eigenvalue weighted by molar-refractivity contribution is 0.0600. The molecule has 0 saturated heterocycles. The first-order valence-electron chi connectivity index (χ1n) is 11.0. The normalized spacial score (nSPS) is 11.0. The van der Waals surface area contributed by atoms with Crippen molar-refractivity contribution in [3.63, 3.8) is 0 Å². The molecule has 0 spiro atoms. The number of carbonyl (C=O) groups excluding carboxylic acids is 1. The Balaban J connectivity index is 0.00000432. The summed E-state index contributed by atoms with van der Waals surface area (Å²) >= 11 is 5.36. The number of hydrogen-bond donors (Lipinski definition) is 4. The number of hydrogen-bond acceptors (Lipinski definition) is 6. The summed E-state index contributed by atoms with van der Waals surface area (Å²) in [4.78, 5) is 11.5. The van der Waals surface area contributed by atoms with Gasteiger partial charge in [0.05, 0.1) is 12.7 Å². The van der Waals surface area contributed by atoms with Gasteiger partial charge in [-0.1, -0.05) is 30.3 Å². The minimum absolute atomic E-state index is 0. The van der Waals surface area contributed by atoms with Crippen LogP contribution in [0.3, 0.4) is 0 Å². The summed E-state index contributed by atoms with van der Waals surface area (Å²) in [6.07, 6.45) is 0.263. The Morgan fingerprint density at radius 3 is 2.14 bits per heavy atom. The van der Waals surface area contributed by atoms with Crippen LogP contribution in [0.15, 0.2) is 78.9 Å². The van der Waals surface area contributed by atoms with E-state index in [-0.39, 0.29) is 25.0 Å². The third kappa shape index (κ3) is 9.92. The number of nitrogens with one attached hydrogen (secondary N) is 3. The monoisotopic (exact) mass is 515 g/mol. The number of carbonyl (C=O) groups is 1. The van der Waals surface area contributed by atoms with Crippen molar-refractivity contribution < 1.29 is 19.4 Å². The predicted octanol–water partition coefficient (Wildman–Crippen LogP) is 4.28. The van der Waals surface area contributed by atoms with Gasteiger partial charge in [0.25, 0.3) is 0 Å². The molecule has 35 heavy (non-hydrogen) atoms. The number of methoxy groups -OCH3 is 1. The number of esters is 1. The molecule has 0 saturated carbocycles. The van der Waals surface area contributed by atoms with Gasteiger partial charge in [0.15, 0.2) is 5.11 Å². The number of ether oxygens (including phenoxy) is 2. The maximum atomic E-state index is 11.5. The third-order valence-electron chi connectivity index (χ3n) is 4.93. The zero-order valence-electron chi connectivity index (χ0n) is 19.4. The summed E-state index contributed by atoms with van der Waals surface area (Å²) in [6.45, 7) is 1.46. The van der Waals surface area contributed by atoms with Crippen molar-refractivity contribution in [3.05, 3.63) is 90.0 Å². The maximum absolute atomic E-state index is 11.5. The lowest BCUT2D eigenvalue weighted by Crippen LogP contribution is -2.32. The van der Waals surface area contributed by atoms with Crippen molar-refractivity contribution in [2.24, 2.45) is 0 Å². The minimum atomic E-state index is -0.572. The van der Waals surface area contributed by atoms with Gasteiger partial charge >= 0.3 is 5.97 Å². The molecule has 3 aromatic carbocycles. The van der Waals surface area contributed by atoms with E-state index in [0.29, 0.717) is 17.2 Å². The van der Waals surface area contributed by atoms with Crippen molar-refractivity contribution in [1.82, 2.24) is 5.32 Å². The highest BCUT2D eigenvalue weighted by Crippen LogP contribution is 2.13. The average molecular weight is 516 g/mol. The molecule has 7 nitrogen and oxygen atoms in total. The Morgan fingerprint density at radius 2 is 1.54 bits per heavy atom. The van der Waals surface area contributed by atoms with E-state index in [4.69, 9.17) is 21.7 Å². The fourth-order valence-electron chi connectivity index (χ4n) is 3.13. The second kappa shape index (κ2) is 15.0. The van der Waals surface area contributed by atoms with Crippen molar-refractivity contribution in [1.29, 1.82) is 0 Å². The van der Waals surface area contributed by atoms with E-state index in [9.17, 15) is 9.90 Å². The van der Waals surface area contributed by atoms with Crippen LogP contribution in [-0.4, -0.2) is 49.1 Å². The van der Waals surface area contributed by atoms with Gasteiger partial charge in [-0.2, -0.15) is 0 Å². The molecule has 0 aliphatic rings. The molecule has 0 aromatic heterocycles. The molecule has 0 heterocycles. The molecule has 1 atom stereocenters. The SMILES string of the molecule is COC(=O)c1ccc(NC(=S)Nc2ccc(CCNC[C@H](O)COc3ccccc3)cc2)cc1.Cl. The Hall–Kier alpha value is -3.17. The first-order valence-corrected chi connectivity index (χ1v) is 11.4. The molecule has 0 fully saturated rings. The van der Waals surface area contributed by atoms with Crippen molar-refractivity contribution in [2.75, 3.05) is 37.4 Å². The average Bonchev–Trinajstić information content (AvgIpc) is 2.87. The second-order valence-electron chi connectivity index (χ2n) is 7.58. The number of para-hydroxylation sites is 1. The zero-order chi connectivity index (χ0) is 24.2. The van der Waals surface area contributed by atoms with Gasteiger partial charge in [0.1, 0.15) is 18.5 Å². The van der Waals surface area contributed by atoms with E-state index in [1.807, 2.05) is 54.6 Å². The highest BCUT2D eigenvalue weighted by atomic mass is 35.5. The highest BCUT2D eigenvalue weighted by molar-refractivity contribution is 7.80. The van der Waals surface area contributed by atoms with Crippen LogP contribution < -0.4 is 20.7 Å². The molecule has 3 rings (SSSR count). The van der Waals surface area contributed by atoms with Gasteiger partial charge in [-0.25, -0.2) is 4.79 Å². The van der Waals surface area contributed by atoms with Crippen molar-refractivity contribution in [2.45, 2.75) is 12.5 Å². The molecule has 0 bridgehead atoms. The first kappa shape index (κ1) is 28.1. The Morgan fingerprint density at radius 1 is 0.943 bits per heavy atom. The maximum Gasteiger partial charge on any atom is 0.337 e. The first-order chi connectivity index (χ1) is 16.5. The van der Waals surface area contributed by atoms with E-state index >= 15 is 0 Å². The van der Waals surface area contributed by atoms with Gasteiger partial charge in [0.2, 0.25) is 0 Å². The smallest absolute Gasteiger partial charge is 0.337 e. The van der Waals surface area contributed by atoms with E-state index in [0.717, 1.165) is 30.1 Å². The van der Waals surface area contributed by atoms with Crippen LogP contribution >= 0.6 is 24.6 Å². The molecular formula is C26H30ClN3O4S. The molecular weight excluding hydrogens is 486 g/mol. The van der Waals surface area contributed by atoms with Crippen LogP contribution in [0, 0.1) is 0 Å². The fourth-order valence-corrected chi connectivity index (χ4v) is 3.36. The Kier molecular flexibility index (Phi) is 12.0. The Bertz CT molecular complexity index is 1050. The van der Waals surface area contributed by atoms with Gasteiger partial charge in [-0.15, -0.1) is 12.4 Å². The molecule has 9 heteroatoms. The minimum Gasteiger partial charge on any atom is -0.491 e. The van der Waals surface area contributed by atoms with Crippen LogP contribution in [0.25, 0.3) is 0 Å². The number of rotatable bonds is 11. The molecule has 0 unspecified atom stereocenters. The van der Waals surface area contributed by atoms with E-state index in [1.165, 1.54) is 12.7 Å². The number of halogens is 1. The second-order valence-corrected chi connectivity index (χ2v) is 7.99. The lowest BCUT2D eigenvalue weighted by atomic mass is 10.1. The summed E-state index contributed by atoms with van der Waals surface area (Å²) in [6, 6.07) is 24.3.